The van der Waals surface area contributed by atoms with Gasteiger partial charge in [-0.25, -0.2) is 14.2 Å². The van der Waals surface area contributed by atoms with Gasteiger partial charge in [0.2, 0.25) is 5.88 Å². The summed E-state index contributed by atoms with van der Waals surface area (Å²) in [6, 6.07) is 11.8. The van der Waals surface area contributed by atoms with E-state index in [1.807, 2.05) is 0 Å². The molecule has 0 spiro atoms. The van der Waals surface area contributed by atoms with Gasteiger partial charge in [0.05, 0.1) is 6.20 Å². The van der Waals surface area contributed by atoms with Crippen LogP contribution in [0.5, 0.6) is 17.4 Å². The van der Waals surface area contributed by atoms with Gasteiger partial charge in [0.15, 0.2) is 6.29 Å². The number of amides is 2. The third-order valence-electron chi connectivity index (χ3n) is 5.97. The van der Waals surface area contributed by atoms with Crippen LogP contribution in [-0.4, -0.2) is 45.6 Å². The van der Waals surface area contributed by atoms with Gasteiger partial charge in [0.1, 0.15) is 22.9 Å². The van der Waals surface area contributed by atoms with Gasteiger partial charge in [0.25, 0.3) is 5.91 Å². The zero-order valence-corrected chi connectivity index (χ0v) is 19.1. The fraction of sp³-hybridized carbons (Fsp3) is 0.231. The maximum Gasteiger partial charge on any atom is 0.404 e. The largest absolute Gasteiger partial charge is 0.508 e. The van der Waals surface area contributed by atoms with E-state index in [4.69, 9.17) is 9.84 Å². The van der Waals surface area contributed by atoms with Crippen LogP contribution in [0.4, 0.5) is 9.18 Å². The standard InChI is InChI=1S/C26H24FN3O6/c27-17-12-23(24(33)29-18-4-6-19(7-5-18)30-26(34)35)25(28-13-17)36-21-3-1-2-15(11-21)22-9-8-20(32)10-16(22)14-31/h1-3,8-14,18-19,30,32H,4-7H2,(H,29,33)(H,34,35). The number of carboxylic acid groups (broad SMARTS) is 1. The summed E-state index contributed by atoms with van der Waals surface area (Å²) in [4.78, 5) is 39.2. The van der Waals surface area contributed by atoms with Gasteiger partial charge in [-0.15, -0.1) is 0 Å². The molecule has 0 saturated heterocycles. The van der Waals surface area contributed by atoms with Crippen LogP contribution in [0.15, 0.2) is 54.7 Å². The number of carbonyl (C=O) groups excluding carboxylic acids is 2. The number of aldehydes is 1. The summed E-state index contributed by atoms with van der Waals surface area (Å²) in [5.74, 6) is -1.06. The highest BCUT2D eigenvalue weighted by Gasteiger charge is 2.25. The Hall–Kier alpha value is -4.47. The Labute approximate surface area is 205 Å². The molecule has 1 aromatic heterocycles. The first kappa shape index (κ1) is 24.6. The Morgan fingerprint density at radius 1 is 1.03 bits per heavy atom. The first-order chi connectivity index (χ1) is 17.3. The number of phenolic OH excluding ortho intramolecular Hbond substituents is 1. The van der Waals surface area contributed by atoms with Crippen LogP contribution in [0.3, 0.4) is 0 Å². The zero-order valence-electron chi connectivity index (χ0n) is 19.1. The molecule has 2 aromatic carbocycles. The number of aromatic hydroxyl groups is 1. The normalized spacial score (nSPS) is 17.1. The topological polar surface area (TPSA) is 138 Å². The van der Waals surface area contributed by atoms with E-state index in [-0.39, 0.29) is 29.3 Å². The second kappa shape index (κ2) is 10.9. The summed E-state index contributed by atoms with van der Waals surface area (Å²) < 4.78 is 19.8. The third kappa shape index (κ3) is 5.96. The zero-order chi connectivity index (χ0) is 25.7. The number of carbonyl (C=O) groups is 3. The Balaban J connectivity index is 1.51. The number of benzene rings is 2. The van der Waals surface area contributed by atoms with E-state index in [2.05, 4.69) is 15.6 Å². The SMILES string of the molecule is O=Cc1cc(O)ccc1-c1cccc(Oc2ncc(F)cc2C(=O)NC2CCC(NC(=O)O)CC2)c1. The Bertz CT molecular complexity index is 1290. The lowest BCUT2D eigenvalue weighted by Crippen LogP contribution is -2.43. The van der Waals surface area contributed by atoms with Crippen LogP contribution < -0.4 is 15.4 Å². The molecule has 0 bridgehead atoms. The summed E-state index contributed by atoms with van der Waals surface area (Å²) in [6.07, 6.45) is 2.81. The van der Waals surface area contributed by atoms with Crippen molar-refractivity contribution >= 4 is 18.3 Å². The van der Waals surface area contributed by atoms with Crippen LogP contribution in [0, 0.1) is 5.82 Å². The molecule has 0 aliphatic heterocycles. The summed E-state index contributed by atoms with van der Waals surface area (Å²) in [6.45, 7) is 0. The maximum atomic E-state index is 14.0. The van der Waals surface area contributed by atoms with Crippen molar-refractivity contribution in [2.45, 2.75) is 37.8 Å². The summed E-state index contributed by atoms with van der Waals surface area (Å²) >= 11 is 0. The second-order valence-corrected chi connectivity index (χ2v) is 8.50. The molecular formula is C26H24FN3O6. The average molecular weight is 493 g/mol. The average Bonchev–Trinajstić information content (AvgIpc) is 2.86. The van der Waals surface area contributed by atoms with E-state index in [0.29, 0.717) is 54.4 Å². The molecule has 1 saturated carbocycles. The molecule has 1 aliphatic carbocycles. The van der Waals surface area contributed by atoms with Crippen molar-refractivity contribution in [3.05, 3.63) is 71.7 Å². The molecule has 1 aliphatic rings. The lowest BCUT2D eigenvalue weighted by Gasteiger charge is -2.29. The van der Waals surface area contributed by atoms with Crippen molar-refractivity contribution < 1.29 is 33.7 Å². The van der Waals surface area contributed by atoms with Crippen molar-refractivity contribution in [1.29, 1.82) is 0 Å². The number of hydrogen-bond acceptors (Lipinski definition) is 6. The minimum absolute atomic E-state index is 0.0361. The Morgan fingerprint density at radius 2 is 1.75 bits per heavy atom. The second-order valence-electron chi connectivity index (χ2n) is 8.50. The number of phenols is 1. The highest BCUT2D eigenvalue weighted by Crippen LogP contribution is 2.31. The lowest BCUT2D eigenvalue weighted by atomic mass is 9.91. The Morgan fingerprint density at radius 3 is 2.44 bits per heavy atom. The van der Waals surface area contributed by atoms with Gasteiger partial charge in [-0.1, -0.05) is 12.1 Å². The van der Waals surface area contributed by atoms with Crippen LogP contribution in [-0.2, 0) is 0 Å². The molecule has 0 unspecified atom stereocenters. The fourth-order valence-corrected chi connectivity index (χ4v) is 4.24. The minimum Gasteiger partial charge on any atom is -0.508 e. The van der Waals surface area contributed by atoms with Crippen LogP contribution >= 0.6 is 0 Å². The van der Waals surface area contributed by atoms with Crippen molar-refractivity contribution in [2.24, 2.45) is 0 Å². The van der Waals surface area contributed by atoms with E-state index >= 15 is 0 Å². The van der Waals surface area contributed by atoms with Crippen LogP contribution in [0.2, 0.25) is 0 Å². The molecule has 4 N–H and O–H groups in total. The monoisotopic (exact) mass is 493 g/mol. The van der Waals surface area contributed by atoms with Crippen molar-refractivity contribution in [2.75, 3.05) is 0 Å². The minimum atomic E-state index is -1.08. The molecule has 36 heavy (non-hydrogen) atoms. The first-order valence-corrected chi connectivity index (χ1v) is 11.3. The van der Waals surface area contributed by atoms with Crippen molar-refractivity contribution in [3.63, 3.8) is 0 Å². The number of aromatic nitrogens is 1. The maximum absolute atomic E-state index is 14.0. The highest BCUT2D eigenvalue weighted by atomic mass is 19.1. The summed E-state index contributed by atoms with van der Waals surface area (Å²) in [5, 5.41) is 23.8. The quantitative estimate of drug-likeness (QED) is 0.355. The number of halogens is 1. The molecule has 0 radical (unpaired) electrons. The molecule has 186 valence electrons. The van der Waals surface area contributed by atoms with Crippen molar-refractivity contribution in [1.82, 2.24) is 15.6 Å². The van der Waals surface area contributed by atoms with Gasteiger partial charge in [-0.3, -0.25) is 9.59 Å². The van der Waals surface area contributed by atoms with Gasteiger partial charge < -0.3 is 25.6 Å². The molecule has 4 rings (SSSR count). The van der Waals surface area contributed by atoms with Gasteiger partial charge in [-0.2, -0.15) is 0 Å². The van der Waals surface area contributed by atoms with E-state index in [0.717, 1.165) is 12.3 Å². The molecule has 0 atom stereocenters. The van der Waals surface area contributed by atoms with Gasteiger partial charge >= 0.3 is 6.09 Å². The van der Waals surface area contributed by atoms with E-state index < -0.39 is 17.8 Å². The molecule has 2 amide bonds. The number of ether oxygens (including phenoxy) is 1. The highest BCUT2D eigenvalue weighted by molar-refractivity contribution is 5.96. The number of rotatable bonds is 7. The van der Waals surface area contributed by atoms with Crippen molar-refractivity contribution in [3.8, 4) is 28.5 Å². The molecule has 9 nitrogen and oxygen atoms in total. The van der Waals surface area contributed by atoms with Gasteiger partial charge in [0, 0.05) is 17.6 Å². The predicted octanol–water partition coefficient (Wildman–Crippen LogP) is 4.51. The Kier molecular flexibility index (Phi) is 7.43. The number of nitrogens with one attached hydrogen (secondary N) is 2. The van der Waals surface area contributed by atoms with E-state index in [9.17, 15) is 23.9 Å². The number of nitrogens with zero attached hydrogens (tertiary/aromatic N) is 1. The van der Waals surface area contributed by atoms with Gasteiger partial charge in [-0.05, 0) is 73.2 Å². The molecule has 3 aromatic rings. The number of pyridine rings is 1. The summed E-state index contributed by atoms with van der Waals surface area (Å²) in [7, 11) is 0. The number of hydrogen-bond donors (Lipinski definition) is 4. The predicted molar refractivity (Wildman–Crippen MR) is 128 cm³/mol. The van der Waals surface area contributed by atoms with Crippen LogP contribution in [0.25, 0.3) is 11.1 Å². The summed E-state index contributed by atoms with van der Waals surface area (Å²) in [5.41, 5.74) is 1.42. The fourth-order valence-electron chi connectivity index (χ4n) is 4.24. The first-order valence-electron chi connectivity index (χ1n) is 11.3. The smallest absolute Gasteiger partial charge is 0.404 e. The molecular weight excluding hydrogens is 469 g/mol. The molecule has 1 fully saturated rings. The van der Waals surface area contributed by atoms with E-state index in [1.54, 1.807) is 30.3 Å². The molecule has 10 heteroatoms. The van der Waals surface area contributed by atoms with Crippen LogP contribution in [0.1, 0.15) is 46.4 Å². The lowest BCUT2D eigenvalue weighted by molar-refractivity contribution is 0.0919. The molecule has 1 heterocycles. The van der Waals surface area contributed by atoms with E-state index in [1.165, 1.54) is 12.1 Å². The third-order valence-corrected chi connectivity index (χ3v) is 5.97.